The summed E-state index contributed by atoms with van der Waals surface area (Å²) < 4.78 is 1.11. The Bertz CT molecular complexity index is 4040. The molecule has 582 valence electrons. The summed E-state index contributed by atoms with van der Waals surface area (Å²) in [6.45, 7) is 1.34. The van der Waals surface area contributed by atoms with E-state index in [9.17, 15) is 73.5 Å². The van der Waals surface area contributed by atoms with E-state index in [-0.39, 0.29) is 68.7 Å². The van der Waals surface area contributed by atoms with Crippen molar-refractivity contribution in [3.05, 3.63) is 162 Å². The third-order valence-corrected chi connectivity index (χ3v) is 18.0. The number of aliphatic carboxylic acids is 2. The lowest BCUT2D eigenvalue weighted by atomic mass is 10.00. The van der Waals surface area contributed by atoms with Crippen LogP contribution in [0.15, 0.2) is 134 Å². The molecule has 0 aliphatic rings. The molecule has 0 saturated heterocycles. The fourth-order valence-corrected chi connectivity index (χ4v) is 11.6. The topological polar surface area (TPSA) is 555 Å². The van der Waals surface area contributed by atoms with Crippen molar-refractivity contribution in [1.82, 2.24) is 67.7 Å². The second-order valence-corrected chi connectivity index (χ2v) is 26.4. The van der Waals surface area contributed by atoms with Gasteiger partial charge in [0.15, 0.2) is 0 Å². The lowest BCUT2D eigenvalue weighted by Crippen LogP contribution is -2.63. The minimum atomic E-state index is -1.90. The van der Waals surface area contributed by atoms with Gasteiger partial charge in [-0.3, -0.25) is 62.1 Å². The summed E-state index contributed by atoms with van der Waals surface area (Å²) in [6, 6.07) is 13.0. The maximum absolute atomic E-state index is 15.3. The lowest BCUT2D eigenvalue weighted by Gasteiger charge is -2.29. The number of carbonyl (C=O) groups excluding carboxylic acids is 11. The number of para-hydroxylation sites is 1. The number of aromatic amines is 1. The molecule has 0 bridgehead atoms. The number of amides is 10. The number of unbranched alkanes of at least 4 members (excludes halogenated alkanes) is 1. The molecule has 0 fully saturated rings. The second-order valence-electron chi connectivity index (χ2n) is 25.7. The Hall–Kier alpha value is -10.6. The molecule has 36 heteroatoms. The molecule has 2 heterocycles. The minimum absolute atomic E-state index is 0.0340. The predicted molar refractivity (Wildman–Crippen MR) is 400 cm³/mol. The summed E-state index contributed by atoms with van der Waals surface area (Å²) in [5, 5.41) is 76.8. The number of rotatable bonds is 44. The van der Waals surface area contributed by atoms with Crippen LogP contribution in [0, 0.1) is 0 Å². The minimum Gasteiger partial charge on any atom is -0.481 e. The highest BCUT2D eigenvalue weighted by Gasteiger charge is 2.39. The van der Waals surface area contributed by atoms with Crippen LogP contribution >= 0.6 is 25.3 Å². The summed E-state index contributed by atoms with van der Waals surface area (Å²) in [5.41, 5.74) is 20.8. The van der Waals surface area contributed by atoms with Gasteiger partial charge in [0.1, 0.15) is 66.7 Å². The van der Waals surface area contributed by atoms with E-state index in [2.05, 4.69) is 88.4 Å². The number of nitrogens with two attached hydrogens (primary N) is 3. The fraction of sp³-hybridized carbons (Fsp3) is 0.417. The summed E-state index contributed by atoms with van der Waals surface area (Å²) in [5.74, 6) is -14.1. The van der Waals surface area contributed by atoms with E-state index in [0.29, 0.717) is 39.6 Å². The van der Waals surface area contributed by atoms with Gasteiger partial charge in [-0.15, -0.1) is 0 Å². The molecular formula is C72H94N16O18S2. The molecule has 2 aromatic heterocycles. The number of H-pyrrole nitrogens is 1. The van der Waals surface area contributed by atoms with Gasteiger partial charge >= 0.3 is 11.9 Å². The maximum Gasteiger partial charge on any atom is 0.327 e. The van der Waals surface area contributed by atoms with Crippen molar-refractivity contribution >= 4 is 113 Å². The molecule has 0 aliphatic carbocycles. The van der Waals surface area contributed by atoms with Gasteiger partial charge in [0.2, 0.25) is 65.0 Å². The van der Waals surface area contributed by atoms with Gasteiger partial charge in [0.25, 0.3) is 0 Å². The summed E-state index contributed by atoms with van der Waals surface area (Å²) in [7, 11) is 0. The average molecular weight is 1540 g/mol. The molecule has 0 radical (unpaired) electrons. The zero-order valence-corrected chi connectivity index (χ0v) is 61.0. The van der Waals surface area contributed by atoms with Crippen molar-refractivity contribution < 1.29 is 87.9 Å². The number of nitrogens with zero attached hydrogens (tertiary/aromatic N) is 2. The second kappa shape index (κ2) is 43.3. The fourth-order valence-electron chi connectivity index (χ4n) is 11.2. The molecule has 0 spiro atoms. The number of aromatic nitrogens is 3. The van der Waals surface area contributed by atoms with Crippen LogP contribution < -0.4 is 70.4 Å². The van der Waals surface area contributed by atoms with Crippen LogP contribution in [0.25, 0.3) is 10.9 Å². The third-order valence-electron chi connectivity index (χ3n) is 17.2. The third kappa shape index (κ3) is 26.7. The molecule has 108 heavy (non-hydrogen) atoms. The highest BCUT2D eigenvalue weighted by Crippen LogP contribution is 2.21. The lowest BCUT2D eigenvalue weighted by molar-refractivity contribution is -0.142. The van der Waals surface area contributed by atoms with Gasteiger partial charge in [-0.05, 0) is 74.4 Å². The first-order valence-corrected chi connectivity index (χ1v) is 35.9. The number of thiol groups is 2. The van der Waals surface area contributed by atoms with Crippen molar-refractivity contribution in [3.8, 4) is 0 Å². The zero-order valence-electron chi connectivity index (χ0n) is 59.2. The molecule has 6 rings (SSSR count). The van der Waals surface area contributed by atoms with Crippen molar-refractivity contribution in [2.24, 2.45) is 17.2 Å². The van der Waals surface area contributed by atoms with Gasteiger partial charge in [0.05, 0.1) is 36.6 Å². The molecule has 10 amide bonds. The molecule has 34 nitrogen and oxygen atoms in total. The summed E-state index contributed by atoms with van der Waals surface area (Å²) in [4.78, 5) is 187. The van der Waals surface area contributed by atoms with Crippen molar-refractivity contribution in [2.75, 3.05) is 24.7 Å². The smallest absolute Gasteiger partial charge is 0.327 e. The summed E-state index contributed by atoms with van der Waals surface area (Å²) >= 11 is 7.95. The number of aliphatic hydroxyl groups excluding tert-OH is 3. The van der Waals surface area contributed by atoms with E-state index in [1.165, 1.54) is 12.5 Å². The van der Waals surface area contributed by atoms with Gasteiger partial charge in [0, 0.05) is 73.3 Å². The monoisotopic (exact) mass is 1530 g/mol. The molecule has 0 aliphatic heterocycles. The van der Waals surface area contributed by atoms with Crippen molar-refractivity contribution in [1.29, 1.82) is 0 Å². The number of carboxylic acid groups (broad SMARTS) is 2. The number of nitrogens with one attached hydrogen (secondary N) is 11. The largest absolute Gasteiger partial charge is 0.481 e. The highest BCUT2D eigenvalue weighted by atomic mass is 32.1. The van der Waals surface area contributed by atoms with E-state index in [1.54, 1.807) is 121 Å². The van der Waals surface area contributed by atoms with E-state index in [1.807, 2.05) is 0 Å². The van der Waals surface area contributed by atoms with E-state index < -0.39 is 181 Å². The van der Waals surface area contributed by atoms with E-state index >= 15 is 14.4 Å². The Kier molecular flexibility index (Phi) is 34.6. The number of imidazole rings is 1. The Morgan fingerprint density at radius 2 is 0.880 bits per heavy atom. The van der Waals surface area contributed by atoms with Crippen molar-refractivity contribution in [3.63, 3.8) is 0 Å². The molecule has 14 atom stereocenters. The van der Waals surface area contributed by atoms with Crippen LogP contribution in [0.4, 0.5) is 0 Å². The highest BCUT2D eigenvalue weighted by molar-refractivity contribution is 7.80. The van der Waals surface area contributed by atoms with Gasteiger partial charge in [-0.25, -0.2) is 9.78 Å². The van der Waals surface area contributed by atoms with Gasteiger partial charge in [-0.1, -0.05) is 109 Å². The van der Waals surface area contributed by atoms with Crippen molar-refractivity contribution in [2.45, 2.75) is 163 Å². The van der Waals surface area contributed by atoms with Gasteiger partial charge in [-0.2, -0.15) is 25.3 Å². The molecule has 6 aromatic rings. The van der Waals surface area contributed by atoms with Crippen LogP contribution in [0.5, 0.6) is 0 Å². The maximum atomic E-state index is 15.3. The van der Waals surface area contributed by atoms with E-state index in [0.717, 1.165) is 18.4 Å². The molecule has 4 aromatic carbocycles. The molecule has 22 N–H and O–H groups in total. The Morgan fingerprint density at radius 1 is 0.472 bits per heavy atom. The average Bonchev–Trinajstić information content (AvgIpc) is 1.58. The normalized spacial score (nSPS) is 15.1. The number of benzene rings is 4. The number of carboxylic acids is 2. The molecule has 0 saturated carbocycles. The number of hydrogen-bond donors (Lipinski definition) is 21. The van der Waals surface area contributed by atoms with Crippen LogP contribution in [-0.4, -0.2) is 226 Å². The van der Waals surface area contributed by atoms with Crippen LogP contribution in [0.1, 0.15) is 78.7 Å². The predicted octanol–water partition coefficient (Wildman–Crippen LogP) is -3.29. The number of fused-ring (bicyclic) bond motifs is 1. The zero-order chi connectivity index (χ0) is 79.1. The number of carbonyl (C=O) groups is 13. The number of hydrogen-bond acceptors (Lipinski definition) is 22. The molecule has 0 unspecified atom stereocenters. The Labute approximate surface area is 632 Å². The van der Waals surface area contributed by atoms with Crippen LogP contribution in [-0.2, 0) is 89.6 Å². The van der Waals surface area contributed by atoms with Gasteiger partial charge < -0.3 is 101 Å². The Balaban J connectivity index is 1.28. The quantitative estimate of drug-likeness (QED) is 0.0132. The first-order chi connectivity index (χ1) is 51.5. The SMILES string of the molecule is C[C@@H](O)[C@H](NC(=O)[C@H](Cc1ccccc1)NC(=O)[C@@H](NC(=O)[C@H](CCCCN)NC(=O)[C@@H](Cc1c[nH]c2ccccc12)NC(=O)[C@H](Cc1ccccc1)NC(=O)[C@H](Cc1ccccc1)NC(=O)[C@H](CCC(=O)O)NC(=O)[C@@H](N)Cc1cn(C(=O)[C@@H](N)CS)cn1)[C@@H](C)O)C(=O)N[C@@H](CO)C(=O)N[C@@H](CS)C(=O)O. The standard InChI is InChI=1S/C72H94N16O18S2/c1-39(90)59(69(102)83-54(30-43-20-10-5-11-21-43)67(100)87-60(40(2)91)70(103)84-56(35-89)68(101)85-57(37-108)72(105)106)86-63(96)50(24-14-15-27-73)79-66(99)55(31-44-33-76-49-23-13-12-22-46(44)49)82-65(98)53(29-42-18-8-4-9-19-42)81-64(97)52(28-41-16-6-3-7-17-41)80-62(95)51(25-26-58(92)93)78-61(94)47(74)32-45-34-88(38-77-45)71(104)48(75)36-107/h3-13,16-23,33-34,38-40,47-48,50-57,59-60,76,89-91,107-108H,14-15,24-32,35-37,73-75H2,1-2H3,(H,78,94)(H,79,99)(H,80,95)(H,81,97)(H,82,98)(H,83,102)(H,84,103)(H,85,101)(H,86,96)(H,87,100)(H,92,93)(H,105,106)/t39-,40-,47+,48+,50+,51+,52+,53+,54+,55-,56+,57+,59+,60+/m1/s1. The van der Waals surface area contributed by atoms with Crippen LogP contribution in [0.3, 0.4) is 0 Å². The summed E-state index contributed by atoms with van der Waals surface area (Å²) in [6.07, 6.45) is -1.36. The molecular weight excluding hydrogens is 1440 g/mol. The van der Waals surface area contributed by atoms with E-state index in [4.69, 9.17) is 17.2 Å². The first-order valence-electron chi connectivity index (χ1n) is 34.7. The first kappa shape index (κ1) is 86.3. The Morgan fingerprint density at radius 3 is 1.34 bits per heavy atom. The van der Waals surface area contributed by atoms with Crippen LogP contribution in [0.2, 0.25) is 0 Å². The number of aliphatic hydroxyl groups is 3.